The summed E-state index contributed by atoms with van der Waals surface area (Å²) in [6.07, 6.45) is 1.59. The predicted octanol–water partition coefficient (Wildman–Crippen LogP) is 1.81. The summed E-state index contributed by atoms with van der Waals surface area (Å²) < 4.78 is 10.1. The lowest BCUT2D eigenvalue weighted by Gasteiger charge is -2.03. The molecule has 0 aliphatic heterocycles. The maximum atomic E-state index is 5.83. The molecule has 1 aromatic heterocycles. The standard InChI is InChI=1S/C14H19N3O2/c1-10-3-5-11(6-4-10)7-8-13-16-14(17-19-13)12(15)9-18-2/h3-6,12H,7-9,15H2,1-2H3. The Labute approximate surface area is 112 Å². The first-order chi connectivity index (χ1) is 9.19. The summed E-state index contributed by atoms with van der Waals surface area (Å²) in [5.41, 5.74) is 8.35. The summed E-state index contributed by atoms with van der Waals surface area (Å²) in [6.45, 7) is 2.46. The van der Waals surface area contributed by atoms with E-state index in [0.29, 0.717) is 18.3 Å². The van der Waals surface area contributed by atoms with Gasteiger partial charge < -0.3 is 15.0 Å². The Morgan fingerprint density at radius 2 is 2.00 bits per heavy atom. The Morgan fingerprint density at radius 1 is 1.26 bits per heavy atom. The van der Waals surface area contributed by atoms with Crippen LogP contribution in [0.5, 0.6) is 0 Å². The van der Waals surface area contributed by atoms with Crippen LogP contribution in [-0.4, -0.2) is 23.9 Å². The number of hydrogen-bond donors (Lipinski definition) is 1. The van der Waals surface area contributed by atoms with Gasteiger partial charge in [0.1, 0.15) is 0 Å². The van der Waals surface area contributed by atoms with E-state index in [1.54, 1.807) is 7.11 Å². The zero-order valence-electron chi connectivity index (χ0n) is 11.3. The van der Waals surface area contributed by atoms with Crippen molar-refractivity contribution in [3.05, 3.63) is 47.1 Å². The van der Waals surface area contributed by atoms with E-state index in [2.05, 4.69) is 41.3 Å². The van der Waals surface area contributed by atoms with Crippen LogP contribution < -0.4 is 5.73 Å². The van der Waals surface area contributed by atoms with Crippen molar-refractivity contribution in [1.29, 1.82) is 0 Å². The Balaban J connectivity index is 1.91. The fourth-order valence-corrected chi connectivity index (χ4v) is 1.78. The van der Waals surface area contributed by atoms with Gasteiger partial charge >= 0.3 is 0 Å². The van der Waals surface area contributed by atoms with E-state index < -0.39 is 0 Å². The van der Waals surface area contributed by atoms with Gasteiger partial charge in [-0.3, -0.25) is 0 Å². The molecule has 5 nitrogen and oxygen atoms in total. The number of rotatable bonds is 6. The average Bonchev–Trinajstić information content (AvgIpc) is 2.87. The van der Waals surface area contributed by atoms with Crippen LogP contribution in [0.1, 0.15) is 28.9 Å². The van der Waals surface area contributed by atoms with Crippen LogP contribution in [0.4, 0.5) is 0 Å². The van der Waals surface area contributed by atoms with E-state index >= 15 is 0 Å². The first-order valence-electron chi connectivity index (χ1n) is 6.31. The molecular weight excluding hydrogens is 242 g/mol. The maximum absolute atomic E-state index is 5.83. The second-order valence-electron chi connectivity index (χ2n) is 4.59. The lowest BCUT2D eigenvalue weighted by Crippen LogP contribution is -2.17. The molecule has 0 saturated carbocycles. The SMILES string of the molecule is COCC(N)c1noc(CCc2ccc(C)cc2)n1. The molecule has 0 radical (unpaired) electrons. The zero-order valence-corrected chi connectivity index (χ0v) is 11.3. The molecule has 0 fully saturated rings. The van der Waals surface area contributed by atoms with Crippen LogP contribution in [0.2, 0.25) is 0 Å². The first-order valence-corrected chi connectivity index (χ1v) is 6.31. The van der Waals surface area contributed by atoms with Crippen LogP contribution >= 0.6 is 0 Å². The first kappa shape index (κ1) is 13.7. The molecule has 0 aliphatic carbocycles. The quantitative estimate of drug-likeness (QED) is 0.858. The van der Waals surface area contributed by atoms with Gasteiger partial charge in [-0.05, 0) is 18.9 Å². The Bertz CT molecular complexity index is 508. The Hall–Kier alpha value is -1.72. The van der Waals surface area contributed by atoms with Crippen molar-refractivity contribution in [2.75, 3.05) is 13.7 Å². The van der Waals surface area contributed by atoms with Gasteiger partial charge in [-0.15, -0.1) is 0 Å². The molecule has 1 unspecified atom stereocenters. The van der Waals surface area contributed by atoms with E-state index in [9.17, 15) is 0 Å². The molecule has 19 heavy (non-hydrogen) atoms. The van der Waals surface area contributed by atoms with E-state index in [0.717, 1.165) is 12.8 Å². The van der Waals surface area contributed by atoms with Crippen LogP contribution in [0, 0.1) is 6.92 Å². The lowest BCUT2D eigenvalue weighted by atomic mass is 10.1. The van der Waals surface area contributed by atoms with Gasteiger partial charge in [0.2, 0.25) is 5.89 Å². The number of hydrogen-bond acceptors (Lipinski definition) is 5. The highest BCUT2D eigenvalue weighted by Crippen LogP contribution is 2.10. The molecule has 0 aliphatic rings. The third kappa shape index (κ3) is 3.87. The molecule has 0 saturated heterocycles. The zero-order chi connectivity index (χ0) is 13.7. The van der Waals surface area contributed by atoms with E-state index in [-0.39, 0.29) is 6.04 Å². The van der Waals surface area contributed by atoms with Crippen LogP contribution in [0.15, 0.2) is 28.8 Å². The summed E-state index contributed by atoms with van der Waals surface area (Å²) in [5, 5.41) is 3.87. The monoisotopic (exact) mass is 261 g/mol. The second kappa shape index (κ2) is 6.45. The summed E-state index contributed by atoms with van der Waals surface area (Å²) >= 11 is 0. The highest BCUT2D eigenvalue weighted by Gasteiger charge is 2.13. The topological polar surface area (TPSA) is 74.2 Å². The van der Waals surface area contributed by atoms with Crippen LogP contribution in [0.3, 0.4) is 0 Å². The van der Waals surface area contributed by atoms with E-state index in [4.69, 9.17) is 15.0 Å². The molecule has 1 aromatic carbocycles. The minimum absolute atomic E-state index is 0.332. The van der Waals surface area contributed by atoms with Crippen molar-refractivity contribution in [3.63, 3.8) is 0 Å². The van der Waals surface area contributed by atoms with Crippen LogP contribution in [-0.2, 0) is 17.6 Å². The number of ether oxygens (including phenoxy) is 1. The van der Waals surface area contributed by atoms with E-state index in [1.807, 2.05) is 0 Å². The van der Waals surface area contributed by atoms with Crippen molar-refractivity contribution in [2.45, 2.75) is 25.8 Å². The van der Waals surface area contributed by atoms with Crippen molar-refractivity contribution >= 4 is 0 Å². The van der Waals surface area contributed by atoms with Gasteiger partial charge in [-0.1, -0.05) is 35.0 Å². The molecule has 1 heterocycles. The van der Waals surface area contributed by atoms with Gasteiger partial charge in [-0.2, -0.15) is 4.98 Å². The number of methoxy groups -OCH3 is 1. The fraction of sp³-hybridized carbons (Fsp3) is 0.429. The average molecular weight is 261 g/mol. The van der Waals surface area contributed by atoms with E-state index in [1.165, 1.54) is 11.1 Å². The number of aromatic nitrogens is 2. The molecule has 0 bridgehead atoms. The third-order valence-electron chi connectivity index (χ3n) is 2.91. The van der Waals surface area contributed by atoms with Crippen LogP contribution in [0.25, 0.3) is 0 Å². The molecule has 102 valence electrons. The maximum Gasteiger partial charge on any atom is 0.227 e. The normalized spacial score (nSPS) is 12.6. The Kier molecular flexibility index (Phi) is 4.65. The van der Waals surface area contributed by atoms with Gasteiger partial charge in [0.05, 0.1) is 12.6 Å². The molecule has 2 rings (SSSR count). The molecule has 0 spiro atoms. The van der Waals surface area contributed by atoms with Gasteiger partial charge in [0.15, 0.2) is 5.82 Å². The molecule has 5 heteroatoms. The number of benzene rings is 1. The van der Waals surface area contributed by atoms with Gasteiger partial charge in [0, 0.05) is 13.5 Å². The summed E-state index contributed by atoms with van der Waals surface area (Å²) in [4.78, 5) is 4.28. The highest BCUT2D eigenvalue weighted by atomic mass is 16.5. The minimum atomic E-state index is -0.332. The van der Waals surface area contributed by atoms with Crippen molar-refractivity contribution in [3.8, 4) is 0 Å². The largest absolute Gasteiger partial charge is 0.383 e. The predicted molar refractivity (Wildman–Crippen MR) is 71.7 cm³/mol. The highest BCUT2D eigenvalue weighted by molar-refractivity contribution is 5.21. The number of nitrogens with two attached hydrogens (primary N) is 1. The molecule has 0 amide bonds. The molecule has 1 atom stereocenters. The lowest BCUT2D eigenvalue weighted by molar-refractivity contribution is 0.177. The van der Waals surface area contributed by atoms with Crippen molar-refractivity contribution < 1.29 is 9.26 Å². The fourth-order valence-electron chi connectivity index (χ4n) is 1.78. The minimum Gasteiger partial charge on any atom is -0.383 e. The summed E-state index contributed by atoms with van der Waals surface area (Å²) in [7, 11) is 1.60. The van der Waals surface area contributed by atoms with Crippen molar-refractivity contribution in [1.82, 2.24) is 10.1 Å². The smallest absolute Gasteiger partial charge is 0.227 e. The Morgan fingerprint density at radius 3 is 2.68 bits per heavy atom. The molecular formula is C14H19N3O2. The number of aryl methyl sites for hydroxylation is 3. The van der Waals surface area contributed by atoms with Gasteiger partial charge in [-0.25, -0.2) is 0 Å². The summed E-state index contributed by atoms with van der Waals surface area (Å²) in [6, 6.07) is 8.10. The second-order valence-corrected chi connectivity index (χ2v) is 4.59. The number of nitrogens with zero attached hydrogens (tertiary/aromatic N) is 2. The van der Waals surface area contributed by atoms with Crippen molar-refractivity contribution in [2.24, 2.45) is 5.73 Å². The molecule has 2 N–H and O–H groups in total. The third-order valence-corrected chi connectivity index (χ3v) is 2.91. The molecule has 2 aromatic rings. The summed E-state index contributed by atoms with van der Waals surface area (Å²) in [5.74, 6) is 1.11. The van der Waals surface area contributed by atoms with Gasteiger partial charge in [0.25, 0.3) is 0 Å².